The largest absolute Gasteiger partial charge is 0.389 e. The summed E-state index contributed by atoms with van der Waals surface area (Å²) in [7, 11) is 0. The quantitative estimate of drug-likeness (QED) is 0.472. The van der Waals surface area contributed by atoms with E-state index < -0.39 is 6.10 Å². The van der Waals surface area contributed by atoms with Crippen molar-refractivity contribution in [3.05, 3.63) is 45.6 Å². The molecule has 0 amide bonds. The number of hydrogen-bond donors (Lipinski definition) is 2. The summed E-state index contributed by atoms with van der Waals surface area (Å²) in [5.41, 5.74) is 1.61. The van der Waals surface area contributed by atoms with Crippen LogP contribution < -0.4 is 10.2 Å². The van der Waals surface area contributed by atoms with Gasteiger partial charge in [-0.3, -0.25) is 0 Å². The molecule has 1 saturated carbocycles. The number of rotatable bonds is 7. The molecule has 2 aliphatic heterocycles. The fraction of sp³-hybridized carbons (Fsp3) is 0.630. The van der Waals surface area contributed by atoms with Crippen LogP contribution in [0.1, 0.15) is 69.7 Å². The second-order valence-corrected chi connectivity index (χ2v) is 11.8. The van der Waals surface area contributed by atoms with Crippen LogP contribution in [-0.4, -0.2) is 52.2 Å². The van der Waals surface area contributed by atoms with Gasteiger partial charge in [-0.15, -0.1) is 0 Å². The van der Waals surface area contributed by atoms with Crippen LogP contribution >= 0.6 is 23.2 Å². The summed E-state index contributed by atoms with van der Waals surface area (Å²) in [6.07, 6.45) is 6.49. The van der Waals surface area contributed by atoms with Crippen molar-refractivity contribution in [3.8, 4) is 0 Å². The van der Waals surface area contributed by atoms with Gasteiger partial charge in [0.15, 0.2) is 0 Å². The zero-order valence-electron chi connectivity index (χ0n) is 20.9. The Hall–Kier alpha value is -1.60. The average molecular weight is 519 g/mol. The molecule has 2 saturated heterocycles. The van der Waals surface area contributed by atoms with Gasteiger partial charge in [0.2, 0.25) is 5.95 Å². The van der Waals surface area contributed by atoms with Crippen molar-refractivity contribution in [1.82, 2.24) is 14.9 Å². The summed E-state index contributed by atoms with van der Waals surface area (Å²) in [5, 5.41) is 15.0. The van der Waals surface area contributed by atoms with Crippen molar-refractivity contribution in [1.29, 1.82) is 0 Å². The minimum Gasteiger partial charge on any atom is -0.389 e. The lowest BCUT2D eigenvalue weighted by Gasteiger charge is -2.50. The number of hydrogen-bond acceptors (Lipinski definition) is 6. The summed E-state index contributed by atoms with van der Waals surface area (Å²) < 4.78 is 0. The van der Waals surface area contributed by atoms with E-state index >= 15 is 0 Å². The molecule has 2 aromatic rings. The molecule has 0 spiro atoms. The second kappa shape index (κ2) is 10.4. The van der Waals surface area contributed by atoms with Gasteiger partial charge in [-0.25, -0.2) is 4.98 Å². The van der Waals surface area contributed by atoms with E-state index in [1.165, 1.54) is 38.8 Å². The molecule has 8 heteroatoms. The first-order valence-electron chi connectivity index (χ1n) is 13.0. The van der Waals surface area contributed by atoms with E-state index in [1.807, 2.05) is 19.1 Å². The molecule has 6 nitrogen and oxygen atoms in total. The number of nitrogens with one attached hydrogen (secondary N) is 1. The standard InChI is InChI=1S/C27H37Cl2N5O/c1-16-9-22(10-16)33-8-4-5-19(13-33)20-14-34(15-20)27-30-12-24(18(3)35)26(32-27)31-17(2)23-7-6-21(28)11-25(23)29/h6-7,11-12,16-20,22,35H,4-5,8-10,13-15H2,1-3H3,(H,30,31,32)/t16-,17-,18?,19+,22+/m1/s1. The van der Waals surface area contributed by atoms with Gasteiger partial charge in [-0.1, -0.05) is 36.2 Å². The Labute approximate surface area is 219 Å². The van der Waals surface area contributed by atoms with E-state index in [0.717, 1.165) is 42.5 Å². The van der Waals surface area contributed by atoms with Gasteiger partial charge in [-0.2, -0.15) is 4.98 Å². The highest BCUT2D eigenvalue weighted by Gasteiger charge is 2.40. The SMILES string of the molecule is CC(O)c1cnc(N2CC([C@H]3CCCN([C@H]4C[C@@H](C)C4)C3)C2)nc1N[C@H](C)c1ccc(Cl)cc1Cl. The van der Waals surface area contributed by atoms with Gasteiger partial charge in [0.25, 0.3) is 0 Å². The number of halogens is 2. The van der Waals surface area contributed by atoms with Crippen molar-refractivity contribution >= 4 is 35.0 Å². The molecule has 3 fully saturated rings. The number of aromatic nitrogens is 2. The van der Waals surface area contributed by atoms with E-state index in [-0.39, 0.29) is 6.04 Å². The van der Waals surface area contributed by atoms with Crippen LogP contribution in [0.15, 0.2) is 24.4 Å². The molecule has 35 heavy (non-hydrogen) atoms. The van der Waals surface area contributed by atoms with Crippen molar-refractivity contribution in [2.24, 2.45) is 17.8 Å². The number of anilines is 2. The predicted octanol–water partition coefficient (Wildman–Crippen LogP) is 5.96. The molecule has 5 rings (SSSR count). The fourth-order valence-electron chi connectivity index (χ4n) is 5.98. The lowest BCUT2D eigenvalue weighted by atomic mass is 9.76. The number of aliphatic hydroxyl groups excluding tert-OH is 1. The summed E-state index contributed by atoms with van der Waals surface area (Å²) in [4.78, 5) is 14.5. The van der Waals surface area contributed by atoms with Gasteiger partial charge in [0.1, 0.15) is 5.82 Å². The van der Waals surface area contributed by atoms with Crippen LogP contribution in [-0.2, 0) is 0 Å². The lowest BCUT2D eigenvalue weighted by molar-refractivity contribution is 0.0294. The molecule has 3 atom stereocenters. The average Bonchev–Trinajstić information content (AvgIpc) is 2.76. The highest BCUT2D eigenvalue weighted by molar-refractivity contribution is 6.35. The first-order valence-corrected chi connectivity index (χ1v) is 13.8. The summed E-state index contributed by atoms with van der Waals surface area (Å²) in [6.45, 7) is 10.7. The Morgan fingerprint density at radius 3 is 2.54 bits per heavy atom. The fourth-order valence-corrected chi connectivity index (χ4v) is 6.55. The second-order valence-electron chi connectivity index (χ2n) is 11.0. The maximum Gasteiger partial charge on any atom is 0.227 e. The lowest BCUT2D eigenvalue weighted by Crippen LogP contribution is -2.56. The third kappa shape index (κ3) is 5.41. The van der Waals surface area contributed by atoms with Crippen LogP contribution in [0.4, 0.5) is 11.8 Å². The molecule has 1 unspecified atom stereocenters. The van der Waals surface area contributed by atoms with E-state index in [0.29, 0.717) is 27.3 Å². The molecule has 2 N–H and O–H groups in total. The number of piperidine rings is 1. The first-order chi connectivity index (χ1) is 16.8. The third-order valence-corrected chi connectivity index (χ3v) is 8.81. The molecule has 1 aromatic heterocycles. The Kier molecular flexibility index (Phi) is 7.45. The Balaban J connectivity index is 1.24. The maximum atomic E-state index is 10.3. The van der Waals surface area contributed by atoms with Crippen molar-refractivity contribution < 1.29 is 5.11 Å². The number of nitrogens with zero attached hydrogens (tertiary/aromatic N) is 4. The Bertz CT molecular complexity index is 1040. The highest BCUT2D eigenvalue weighted by atomic mass is 35.5. The number of benzene rings is 1. The minimum atomic E-state index is -0.675. The van der Waals surface area contributed by atoms with Crippen LogP contribution in [0, 0.1) is 17.8 Å². The molecule has 1 aromatic carbocycles. The zero-order chi connectivity index (χ0) is 24.7. The Morgan fingerprint density at radius 2 is 1.86 bits per heavy atom. The molecule has 190 valence electrons. The molecule has 3 aliphatic rings. The minimum absolute atomic E-state index is 0.105. The molecule has 0 radical (unpaired) electrons. The van der Waals surface area contributed by atoms with Crippen molar-refractivity contribution in [2.75, 3.05) is 36.4 Å². The smallest absolute Gasteiger partial charge is 0.227 e. The maximum absolute atomic E-state index is 10.3. The molecule has 3 heterocycles. The van der Waals surface area contributed by atoms with Gasteiger partial charge in [-0.05, 0) is 81.5 Å². The van der Waals surface area contributed by atoms with Crippen molar-refractivity contribution in [3.63, 3.8) is 0 Å². The number of likely N-dealkylation sites (tertiary alicyclic amines) is 1. The predicted molar refractivity (Wildman–Crippen MR) is 143 cm³/mol. The zero-order valence-corrected chi connectivity index (χ0v) is 22.4. The van der Waals surface area contributed by atoms with Crippen LogP contribution in [0.3, 0.4) is 0 Å². The van der Waals surface area contributed by atoms with Gasteiger partial charge in [0.05, 0.1) is 12.1 Å². The van der Waals surface area contributed by atoms with E-state index in [4.69, 9.17) is 28.2 Å². The summed E-state index contributed by atoms with van der Waals surface area (Å²) in [5.74, 6) is 3.76. The van der Waals surface area contributed by atoms with Crippen LogP contribution in [0.2, 0.25) is 10.0 Å². The molecular formula is C27H37Cl2N5O. The van der Waals surface area contributed by atoms with Gasteiger partial charge >= 0.3 is 0 Å². The Morgan fingerprint density at radius 1 is 1.09 bits per heavy atom. The molecular weight excluding hydrogens is 481 g/mol. The van der Waals surface area contributed by atoms with Gasteiger partial charge in [0, 0.05) is 47.5 Å². The normalized spacial score (nSPS) is 27.1. The van der Waals surface area contributed by atoms with E-state index in [1.54, 1.807) is 19.2 Å². The number of aliphatic hydroxyl groups is 1. The first kappa shape index (κ1) is 25.1. The topological polar surface area (TPSA) is 64.5 Å². The third-order valence-electron chi connectivity index (χ3n) is 8.25. The monoisotopic (exact) mass is 517 g/mol. The molecule has 1 aliphatic carbocycles. The van der Waals surface area contributed by atoms with E-state index in [2.05, 4.69) is 27.0 Å². The van der Waals surface area contributed by atoms with Gasteiger partial charge < -0.3 is 20.2 Å². The highest BCUT2D eigenvalue weighted by Crippen LogP contribution is 2.38. The van der Waals surface area contributed by atoms with Crippen LogP contribution in [0.25, 0.3) is 0 Å². The van der Waals surface area contributed by atoms with E-state index in [9.17, 15) is 5.11 Å². The molecule has 0 bridgehead atoms. The summed E-state index contributed by atoms with van der Waals surface area (Å²) in [6, 6.07) is 6.22. The van der Waals surface area contributed by atoms with Crippen LogP contribution in [0.5, 0.6) is 0 Å². The summed E-state index contributed by atoms with van der Waals surface area (Å²) >= 11 is 12.5. The van der Waals surface area contributed by atoms with Crippen molar-refractivity contribution in [2.45, 2.75) is 64.6 Å².